The summed E-state index contributed by atoms with van der Waals surface area (Å²) in [5, 5.41) is 9.39. The molecule has 4 aliphatic heterocycles. The SMILES string of the molecule is CC1CN2CCN(CC(=O)O)CC3(F)CN1CC(=O)ON3OC(=O)C2. The van der Waals surface area contributed by atoms with Gasteiger partial charge in [0.2, 0.25) is 0 Å². The van der Waals surface area contributed by atoms with E-state index in [0.29, 0.717) is 18.3 Å². The van der Waals surface area contributed by atoms with Crippen molar-refractivity contribution in [3.8, 4) is 0 Å². The van der Waals surface area contributed by atoms with E-state index in [0.717, 1.165) is 0 Å². The number of hydroxylamine groups is 2. The van der Waals surface area contributed by atoms with Crippen molar-refractivity contribution >= 4 is 17.9 Å². The number of carbonyl (C=O) groups is 3. The van der Waals surface area contributed by atoms with Gasteiger partial charge in [-0.25, -0.2) is 14.0 Å². The van der Waals surface area contributed by atoms with Gasteiger partial charge in [-0.3, -0.25) is 19.5 Å². The molecule has 0 aliphatic carbocycles. The number of carboxylic acids is 1. The second-order valence-electron chi connectivity index (χ2n) is 6.70. The van der Waals surface area contributed by atoms with Crippen LogP contribution in [0.4, 0.5) is 4.39 Å². The van der Waals surface area contributed by atoms with Crippen molar-refractivity contribution in [2.24, 2.45) is 0 Å². The molecule has 4 bridgehead atoms. The summed E-state index contributed by atoms with van der Waals surface area (Å²) >= 11 is 0. The Labute approximate surface area is 143 Å². The van der Waals surface area contributed by atoms with Gasteiger partial charge in [0.05, 0.1) is 38.0 Å². The highest BCUT2D eigenvalue weighted by Gasteiger charge is 2.51. The molecule has 0 aromatic rings. The number of carboxylic acid groups (broad SMARTS) is 1. The molecule has 4 saturated heterocycles. The Kier molecular flexibility index (Phi) is 4.91. The van der Waals surface area contributed by atoms with Gasteiger partial charge in [-0.15, -0.1) is 0 Å². The standard InChI is InChI=1S/C14H21FN4O6/c1-10-4-16-2-3-17(5-11(20)21)8-14(15)9-18(10)7-13(23)25-19(14)24-12(22)6-16/h10H,2-9H2,1H3,(H,20,21). The van der Waals surface area contributed by atoms with Gasteiger partial charge >= 0.3 is 17.9 Å². The zero-order valence-corrected chi connectivity index (χ0v) is 13.9. The summed E-state index contributed by atoms with van der Waals surface area (Å²) in [5.74, 6) is -4.94. The molecule has 4 heterocycles. The topological polar surface area (TPSA) is 103 Å². The van der Waals surface area contributed by atoms with Crippen LogP contribution in [-0.2, 0) is 24.1 Å². The average molecular weight is 360 g/mol. The third-order valence-corrected chi connectivity index (χ3v) is 4.53. The van der Waals surface area contributed by atoms with Crippen molar-refractivity contribution in [1.29, 1.82) is 0 Å². The molecule has 140 valence electrons. The largest absolute Gasteiger partial charge is 0.480 e. The van der Waals surface area contributed by atoms with Crippen molar-refractivity contribution in [3.63, 3.8) is 0 Å². The minimum Gasteiger partial charge on any atom is -0.480 e. The first-order valence-electron chi connectivity index (χ1n) is 8.06. The maximum absolute atomic E-state index is 15.8. The van der Waals surface area contributed by atoms with E-state index in [1.54, 1.807) is 9.80 Å². The summed E-state index contributed by atoms with van der Waals surface area (Å²) in [4.78, 5) is 49.9. The van der Waals surface area contributed by atoms with Gasteiger partial charge in [-0.1, -0.05) is 0 Å². The van der Waals surface area contributed by atoms with Crippen LogP contribution >= 0.6 is 0 Å². The highest BCUT2D eigenvalue weighted by atomic mass is 19.1. The highest BCUT2D eigenvalue weighted by Crippen LogP contribution is 2.28. The molecule has 25 heavy (non-hydrogen) atoms. The van der Waals surface area contributed by atoms with Crippen LogP contribution < -0.4 is 0 Å². The number of carbonyl (C=O) groups excluding carboxylic acids is 2. The van der Waals surface area contributed by atoms with E-state index in [-0.39, 0.29) is 45.3 Å². The number of rotatable bonds is 2. The van der Waals surface area contributed by atoms with E-state index in [9.17, 15) is 14.4 Å². The quantitative estimate of drug-likeness (QED) is 0.573. The summed E-state index contributed by atoms with van der Waals surface area (Å²) in [7, 11) is 0. The molecule has 0 amide bonds. The first-order valence-corrected chi connectivity index (χ1v) is 8.06. The maximum Gasteiger partial charge on any atom is 0.343 e. The van der Waals surface area contributed by atoms with E-state index < -0.39 is 23.7 Å². The van der Waals surface area contributed by atoms with Crippen LogP contribution in [0.3, 0.4) is 0 Å². The Balaban J connectivity index is 2.01. The molecule has 5 unspecified atom stereocenters. The van der Waals surface area contributed by atoms with Gasteiger partial charge in [0.25, 0.3) is 5.79 Å². The number of nitrogens with zero attached hydrogens (tertiary/aromatic N) is 4. The fraction of sp³-hybridized carbons (Fsp3) is 0.786. The Morgan fingerprint density at radius 3 is 2.60 bits per heavy atom. The normalized spacial score (nSPS) is 39.8. The van der Waals surface area contributed by atoms with Crippen molar-refractivity contribution in [1.82, 2.24) is 19.9 Å². The van der Waals surface area contributed by atoms with Crippen LogP contribution in [0.25, 0.3) is 0 Å². The summed E-state index contributed by atoms with van der Waals surface area (Å²) in [6, 6.07) is -0.195. The van der Waals surface area contributed by atoms with Gasteiger partial charge in [-0.05, 0) is 6.92 Å². The summed E-state index contributed by atoms with van der Waals surface area (Å²) in [6.45, 7) is 1.65. The summed E-state index contributed by atoms with van der Waals surface area (Å²) < 4.78 is 15.8. The van der Waals surface area contributed by atoms with Crippen molar-refractivity contribution in [2.45, 2.75) is 18.8 Å². The third-order valence-electron chi connectivity index (χ3n) is 4.53. The number of hydrogen-bond acceptors (Lipinski definition) is 9. The van der Waals surface area contributed by atoms with Crippen molar-refractivity contribution in [2.75, 3.05) is 52.4 Å². The van der Waals surface area contributed by atoms with Crippen LogP contribution in [0.1, 0.15) is 6.92 Å². The molecule has 10 nitrogen and oxygen atoms in total. The van der Waals surface area contributed by atoms with Crippen molar-refractivity contribution in [3.05, 3.63) is 0 Å². The molecule has 4 fully saturated rings. The van der Waals surface area contributed by atoms with Gasteiger partial charge < -0.3 is 14.8 Å². The molecule has 0 aromatic heterocycles. The monoisotopic (exact) mass is 360 g/mol. The molecule has 0 aromatic carbocycles. The van der Waals surface area contributed by atoms with E-state index >= 15 is 4.39 Å². The lowest BCUT2D eigenvalue weighted by atomic mass is 10.1. The van der Waals surface area contributed by atoms with E-state index in [2.05, 4.69) is 0 Å². The van der Waals surface area contributed by atoms with Crippen LogP contribution in [-0.4, -0.2) is 107 Å². The van der Waals surface area contributed by atoms with Crippen LogP contribution in [0, 0.1) is 0 Å². The third kappa shape index (κ3) is 4.06. The Hall–Kier alpha value is -1.82. The Morgan fingerprint density at radius 1 is 1.24 bits per heavy atom. The maximum atomic E-state index is 15.8. The molecule has 4 rings (SSSR count). The number of alkyl halides is 1. The van der Waals surface area contributed by atoms with Gasteiger partial charge in [0.15, 0.2) is 0 Å². The van der Waals surface area contributed by atoms with Gasteiger partial charge in [0, 0.05) is 25.7 Å². The minimum absolute atomic E-state index is 0.108. The second kappa shape index (κ2) is 6.83. The first kappa shape index (κ1) is 18.0. The predicted molar refractivity (Wildman–Crippen MR) is 79.4 cm³/mol. The fourth-order valence-electron chi connectivity index (χ4n) is 3.37. The molecule has 4 aliphatic rings. The lowest BCUT2D eigenvalue weighted by molar-refractivity contribution is -0.394. The Morgan fingerprint density at radius 2 is 1.92 bits per heavy atom. The molecule has 5 atom stereocenters. The number of fused-ring (bicyclic) bond motifs is 6. The minimum atomic E-state index is -2.37. The zero-order valence-electron chi connectivity index (χ0n) is 13.9. The van der Waals surface area contributed by atoms with Crippen molar-refractivity contribution < 1.29 is 33.6 Å². The Bertz CT molecular complexity index is 578. The van der Waals surface area contributed by atoms with Crippen LogP contribution in [0.5, 0.6) is 0 Å². The van der Waals surface area contributed by atoms with Crippen LogP contribution in [0.15, 0.2) is 0 Å². The van der Waals surface area contributed by atoms with Gasteiger partial charge in [0.1, 0.15) is 0 Å². The molecule has 0 radical (unpaired) electrons. The van der Waals surface area contributed by atoms with E-state index in [1.807, 2.05) is 6.92 Å². The van der Waals surface area contributed by atoms with E-state index in [1.165, 1.54) is 4.90 Å². The molecular weight excluding hydrogens is 339 g/mol. The number of aliphatic carboxylic acids is 1. The predicted octanol–water partition coefficient (Wildman–Crippen LogP) is -1.71. The highest BCUT2D eigenvalue weighted by molar-refractivity contribution is 5.73. The first-order chi connectivity index (χ1) is 11.7. The van der Waals surface area contributed by atoms with Gasteiger partial charge in [-0.2, -0.15) is 0 Å². The van der Waals surface area contributed by atoms with E-state index in [4.69, 9.17) is 14.8 Å². The zero-order chi connectivity index (χ0) is 18.2. The molecule has 0 spiro atoms. The molecular formula is C14H21FN4O6. The lowest BCUT2D eigenvalue weighted by Gasteiger charge is -2.42. The average Bonchev–Trinajstić information content (AvgIpc) is 2.60. The number of hydrogen-bond donors (Lipinski definition) is 1. The van der Waals surface area contributed by atoms with Crippen LogP contribution in [0.2, 0.25) is 0 Å². The smallest absolute Gasteiger partial charge is 0.343 e. The second-order valence-corrected chi connectivity index (χ2v) is 6.70. The fourth-order valence-corrected chi connectivity index (χ4v) is 3.37. The summed E-state index contributed by atoms with van der Waals surface area (Å²) in [6.07, 6.45) is 0. The number of halogens is 1. The summed E-state index contributed by atoms with van der Waals surface area (Å²) in [5.41, 5.74) is 0. The molecule has 11 heteroatoms. The molecule has 0 saturated carbocycles. The lowest BCUT2D eigenvalue weighted by Crippen LogP contribution is -2.62. The molecule has 1 N–H and O–H groups in total.